The van der Waals surface area contributed by atoms with Crippen molar-refractivity contribution in [2.75, 3.05) is 16.8 Å². The number of amides is 3. The smallest absolute Gasteiger partial charge is 0.319 e. The Morgan fingerprint density at radius 3 is 2.73 bits per heavy atom. The predicted molar refractivity (Wildman–Crippen MR) is 108 cm³/mol. The second-order valence-electron chi connectivity index (χ2n) is 6.38. The number of fused-ring (bicyclic) bond motifs is 1. The van der Waals surface area contributed by atoms with Gasteiger partial charge in [-0.15, -0.1) is 0 Å². The van der Waals surface area contributed by atoms with Crippen molar-refractivity contribution in [2.45, 2.75) is 33.2 Å². The monoisotopic (exact) mass is 415 g/mol. The number of rotatable bonds is 4. The van der Waals surface area contributed by atoms with Gasteiger partial charge in [-0.3, -0.25) is 4.79 Å². The molecule has 0 aliphatic carbocycles. The molecule has 26 heavy (non-hydrogen) atoms. The summed E-state index contributed by atoms with van der Waals surface area (Å²) in [5, 5.41) is 5.71. The second-order valence-corrected chi connectivity index (χ2v) is 7.24. The molecule has 1 heterocycles. The average Bonchev–Trinajstić information content (AvgIpc) is 3.05. The van der Waals surface area contributed by atoms with Gasteiger partial charge in [0.2, 0.25) is 5.91 Å². The minimum atomic E-state index is -0.241. The number of halogens is 1. The van der Waals surface area contributed by atoms with E-state index >= 15 is 0 Å². The normalized spacial score (nSPS) is 12.7. The lowest BCUT2D eigenvalue weighted by atomic mass is 10.1. The van der Waals surface area contributed by atoms with Gasteiger partial charge in [0, 0.05) is 35.4 Å². The van der Waals surface area contributed by atoms with Crippen LogP contribution in [0.5, 0.6) is 0 Å². The number of anilines is 2. The number of nitrogens with one attached hydrogen (secondary N) is 2. The fraction of sp³-hybridized carbons (Fsp3) is 0.300. The van der Waals surface area contributed by atoms with E-state index in [1.807, 2.05) is 49.1 Å². The van der Waals surface area contributed by atoms with Crippen LogP contribution in [-0.4, -0.2) is 18.5 Å². The summed E-state index contributed by atoms with van der Waals surface area (Å²) in [7, 11) is 0. The third-order valence-corrected chi connectivity index (χ3v) is 5.40. The zero-order valence-corrected chi connectivity index (χ0v) is 16.5. The van der Waals surface area contributed by atoms with Gasteiger partial charge in [0.15, 0.2) is 0 Å². The number of urea groups is 1. The van der Waals surface area contributed by atoms with Crippen LogP contribution in [0.2, 0.25) is 0 Å². The molecule has 3 rings (SSSR count). The van der Waals surface area contributed by atoms with Crippen molar-refractivity contribution in [2.24, 2.45) is 0 Å². The predicted octanol–water partition coefficient (Wildman–Crippen LogP) is 4.38. The maximum Gasteiger partial charge on any atom is 0.319 e. The summed E-state index contributed by atoms with van der Waals surface area (Å²) in [5.74, 6) is 0.152. The van der Waals surface area contributed by atoms with Crippen LogP contribution in [0.1, 0.15) is 30.0 Å². The lowest BCUT2D eigenvalue weighted by molar-refractivity contribution is -0.118. The molecule has 0 radical (unpaired) electrons. The number of hydrogen-bond donors (Lipinski definition) is 2. The summed E-state index contributed by atoms with van der Waals surface area (Å²) < 4.78 is 1.01. The molecular formula is C20H22BrN3O2. The summed E-state index contributed by atoms with van der Waals surface area (Å²) in [6.45, 7) is 5.03. The summed E-state index contributed by atoms with van der Waals surface area (Å²) in [6, 6.07) is 11.4. The van der Waals surface area contributed by atoms with E-state index < -0.39 is 0 Å². The first-order valence-corrected chi connectivity index (χ1v) is 9.50. The van der Waals surface area contributed by atoms with E-state index in [2.05, 4.69) is 32.6 Å². The number of carbonyl (C=O) groups is 2. The Balaban J connectivity index is 1.59. The van der Waals surface area contributed by atoms with Crippen LogP contribution in [0.3, 0.4) is 0 Å². The molecular weight excluding hydrogens is 394 g/mol. The fourth-order valence-corrected chi connectivity index (χ4v) is 3.34. The van der Waals surface area contributed by atoms with Crippen molar-refractivity contribution in [1.29, 1.82) is 0 Å². The van der Waals surface area contributed by atoms with E-state index in [0.29, 0.717) is 13.0 Å². The standard InChI is InChI=1S/C20H22BrN3O2/c1-3-19(25)24-9-8-15-11-14(4-7-18(15)24)12-22-20(26)23-16-5-6-17(21)13(2)10-16/h4-7,10-11H,3,8-9,12H2,1-2H3,(H2,22,23,26). The molecule has 0 fully saturated rings. The van der Waals surface area contributed by atoms with Gasteiger partial charge in [-0.05, 0) is 54.3 Å². The Labute approximate surface area is 161 Å². The molecule has 0 spiro atoms. The molecule has 1 aliphatic rings. The second kappa shape index (κ2) is 7.91. The molecule has 2 aromatic rings. The van der Waals surface area contributed by atoms with Crippen molar-refractivity contribution in [3.8, 4) is 0 Å². The fourth-order valence-electron chi connectivity index (χ4n) is 3.10. The van der Waals surface area contributed by atoms with Gasteiger partial charge in [0.25, 0.3) is 0 Å². The zero-order valence-electron chi connectivity index (χ0n) is 14.9. The lowest BCUT2D eigenvalue weighted by Crippen LogP contribution is -2.28. The molecule has 136 valence electrons. The molecule has 0 saturated carbocycles. The molecule has 2 N–H and O–H groups in total. The Kier molecular flexibility index (Phi) is 5.61. The van der Waals surface area contributed by atoms with E-state index in [4.69, 9.17) is 0 Å². The first kappa shape index (κ1) is 18.5. The number of carbonyl (C=O) groups excluding carboxylic acids is 2. The van der Waals surface area contributed by atoms with Crippen LogP contribution in [-0.2, 0) is 17.8 Å². The number of hydrogen-bond acceptors (Lipinski definition) is 2. The van der Waals surface area contributed by atoms with Crippen LogP contribution in [0, 0.1) is 6.92 Å². The van der Waals surface area contributed by atoms with Gasteiger partial charge in [-0.2, -0.15) is 0 Å². The van der Waals surface area contributed by atoms with Gasteiger partial charge in [-0.1, -0.05) is 35.0 Å². The van der Waals surface area contributed by atoms with Crippen LogP contribution in [0.25, 0.3) is 0 Å². The SMILES string of the molecule is CCC(=O)N1CCc2cc(CNC(=O)Nc3ccc(Br)c(C)c3)ccc21. The van der Waals surface area contributed by atoms with Gasteiger partial charge < -0.3 is 15.5 Å². The van der Waals surface area contributed by atoms with E-state index in [1.54, 1.807) is 0 Å². The third kappa shape index (κ3) is 4.07. The molecule has 0 atom stereocenters. The summed E-state index contributed by atoms with van der Waals surface area (Å²) in [4.78, 5) is 25.9. The summed E-state index contributed by atoms with van der Waals surface area (Å²) in [6.07, 6.45) is 1.37. The number of nitrogens with zero attached hydrogens (tertiary/aromatic N) is 1. The quantitative estimate of drug-likeness (QED) is 0.777. The van der Waals surface area contributed by atoms with E-state index in [-0.39, 0.29) is 11.9 Å². The van der Waals surface area contributed by atoms with E-state index in [0.717, 1.165) is 45.5 Å². The average molecular weight is 416 g/mol. The van der Waals surface area contributed by atoms with Crippen molar-refractivity contribution < 1.29 is 9.59 Å². The molecule has 0 unspecified atom stereocenters. The summed E-state index contributed by atoms with van der Waals surface area (Å²) >= 11 is 3.45. The molecule has 1 aliphatic heterocycles. The minimum Gasteiger partial charge on any atom is -0.334 e. The highest BCUT2D eigenvalue weighted by molar-refractivity contribution is 9.10. The van der Waals surface area contributed by atoms with Gasteiger partial charge in [-0.25, -0.2) is 4.79 Å². The van der Waals surface area contributed by atoms with Crippen LogP contribution in [0.4, 0.5) is 16.2 Å². The zero-order chi connectivity index (χ0) is 18.7. The van der Waals surface area contributed by atoms with Crippen LogP contribution < -0.4 is 15.5 Å². The van der Waals surface area contributed by atoms with Crippen molar-refractivity contribution >= 4 is 39.2 Å². The minimum absolute atomic E-state index is 0.152. The van der Waals surface area contributed by atoms with Crippen molar-refractivity contribution in [1.82, 2.24) is 5.32 Å². The first-order valence-electron chi connectivity index (χ1n) is 8.71. The van der Waals surface area contributed by atoms with Crippen molar-refractivity contribution in [3.05, 3.63) is 57.6 Å². The van der Waals surface area contributed by atoms with Crippen LogP contribution >= 0.6 is 15.9 Å². The maximum atomic E-state index is 12.1. The topological polar surface area (TPSA) is 61.4 Å². The summed E-state index contributed by atoms with van der Waals surface area (Å²) in [5.41, 5.74) is 5.00. The van der Waals surface area contributed by atoms with Crippen LogP contribution in [0.15, 0.2) is 40.9 Å². The molecule has 0 aromatic heterocycles. The number of aryl methyl sites for hydroxylation is 1. The van der Waals surface area contributed by atoms with Gasteiger partial charge >= 0.3 is 6.03 Å². The molecule has 0 saturated heterocycles. The third-order valence-electron chi connectivity index (χ3n) is 4.51. The first-order chi connectivity index (χ1) is 12.5. The Hall–Kier alpha value is -2.34. The molecule has 5 nitrogen and oxygen atoms in total. The molecule has 6 heteroatoms. The van der Waals surface area contributed by atoms with Gasteiger partial charge in [0.05, 0.1) is 0 Å². The maximum absolute atomic E-state index is 12.1. The highest BCUT2D eigenvalue weighted by Crippen LogP contribution is 2.29. The Morgan fingerprint density at radius 1 is 1.19 bits per heavy atom. The molecule has 3 amide bonds. The Bertz CT molecular complexity index is 851. The van der Waals surface area contributed by atoms with E-state index in [1.165, 1.54) is 0 Å². The Morgan fingerprint density at radius 2 is 2.00 bits per heavy atom. The largest absolute Gasteiger partial charge is 0.334 e. The van der Waals surface area contributed by atoms with Crippen molar-refractivity contribution in [3.63, 3.8) is 0 Å². The van der Waals surface area contributed by atoms with Gasteiger partial charge in [0.1, 0.15) is 0 Å². The highest BCUT2D eigenvalue weighted by atomic mass is 79.9. The highest BCUT2D eigenvalue weighted by Gasteiger charge is 2.23. The van der Waals surface area contributed by atoms with E-state index in [9.17, 15) is 9.59 Å². The molecule has 2 aromatic carbocycles. The molecule has 0 bridgehead atoms. The number of benzene rings is 2. The lowest BCUT2D eigenvalue weighted by Gasteiger charge is -2.16.